The quantitative estimate of drug-likeness (QED) is 0.859. The lowest BCUT2D eigenvalue weighted by Gasteiger charge is -2.12. The smallest absolute Gasteiger partial charge is 0.123 e. The Kier molecular flexibility index (Phi) is 5.13. The van der Waals surface area contributed by atoms with Gasteiger partial charge in [0.15, 0.2) is 0 Å². The molecule has 2 aromatic rings. The van der Waals surface area contributed by atoms with E-state index in [0.717, 1.165) is 35.5 Å². The maximum absolute atomic E-state index is 13.6. The molecule has 0 saturated heterocycles. The number of halogens is 1. The Hall–Kier alpha value is -1.87. The van der Waals surface area contributed by atoms with Gasteiger partial charge in [-0.25, -0.2) is 4.39 Å². The lowest BCUT2D eigenvalue weighted by molar-refractivity contribution is 0.340. The maximum atomic E-state index is 13.6. The van der Waals surface area contributed by atoms with Crippen molar-refractivity contribution >= 4 is 0 Å². The Balaban J connectivity index is 2.39. The van der Waals surface area contributed by atoms with Crippen molar-refractivity contribution in [3.63, 3.8) is 0 Å². The van der Waals surface area contributed by atoms with Gasteiger partial charge < -0.3 is 10.1 Å². The fourth-order valence-electron chi connectivity index (χ4n) is 2.15. The van der Waals surface area contributed by atoms with Gasteiger partial charge in [-0.2, -0.15) is 0 Å². The molecule has 0 aromatic heterocycles. The summed E-state index contributed by atoms with van der Waals surface area (Å²) in [6, 6.07) is 12.7. The van der Waals surface area contributed by atoms with Crippen molar-refractivity contribution in [3.8, 4) is 16.9 Å². The molecule has 0 aliphatic heterocycles. The predicted molar refractivity (Wildman–Crippen MR) is 80.4 cm³/mol. The van der Waals surface area contributed by atoms with Crippen LogP contribution in [-0.2, 0) is 6.54 Å². The number of benzene rings is 2. The van der Waals surface area contributed by atoms with E-state index in [1.54, 1.807) is 6.07 Å². The molecule has 1 N–H and O–H groups in total. The first-order valence-electron chi connectivity index (χ1n) is 6.97. The van der Waals surface area contributed by atoms with Gasteiger partial charge in [0.25, 0.3) is 0 Å². The van der Waals surface area contributed by atoms with Gasteiger partial charge in [-0.05, 0) is 54.4 Å². The number of nitrogens with one attached hydrogen (secondary N) is 1. The standard InChI is InChI=1S/C17H20FNO/c1-3-19-12-14-8-9-15(18)11-17(14)13-6-5-7-16(10-13)20-4-2/h5-11,19H,3-4,12H2,1-2H3. The van der Waals surface area contributed by atoms with Crippen LogP contribution in [0.15, 0.2) is 42.5 Å². The van der Waals surface area contributed by atoms with Crippen molar-refractivity contribution in [1.82, 2.24) is 5.32 Å². The highest BCUT2D eigenvalue weighted by Gasteiger charge is 2.07. The molecule has 3 heteroatoms. The molecule has 0 spiro atoms. The van der Waals surface area contributed by atoms with E-state index in [9.17, 15) is 4.39 Å². The Bertz CT molecular complexity index is 569. The molecule has 0 amide bonds. The van der Waals surface area contributed by atoms with Gasteiger partial charge in [-0.15, -0.1) is 0 Å². The molecule has 0 heterocycles. The van der Waals surface area contributed by atoms with Crippen LogP contribution in [0.2, 0.25) is 0 Å². The third kappa shape index (κ3) is 3.58. The number of ether oxygens (including phenoxy) is 1. The van der Waals surface area contributed by atoms with E-state index in [4.69, 9.17) is 4.74 Å². The minimum atomic E-state index is -0.220. The second-order valence-corrected chi connectivity index (χ2v) is 4.54. The molecule has 2 rings (SSSR count). The summed E-state index contributed by atoms with van der Waals surface area (Å²) in [5.74, 6) is 0.589. The average Bonchev–Trinajstić information content (AvgIpc) is 2.46. The molecular formula is C17H20FNO. The summed E-state index contributed by atoms with van der Waals surface area (Å²) in [4.78, 5) is 0. The van der Waals surface area contributed by atoms with E-state index < -0.39 is 0 Å². The summed E-state index contributed by atoms with van der Waals surface area (Å²) in [7, 11) is 0. The van der Waals surface area contributed by atoms with E-state index in [2.05, 4.69) is 12.2 Å². The monoisotopic (exact) mass is 273 g/mol. The van der Waals surface area contributed by atoms with Crippen LogP contribution in [0, 0.1) is 5.82 Å². The molecule has 0 atom stereocenters. The molecule has 20 heavy (non-hydrogen) atoms. The first-order valence-corrected chi connectivity index (χ1v) is 6.97. The molecule has 106 valence electrons. The fraction of sp³-hybridized carbons (Fsp3) is 0.294. The van der Waals surface area contributed by atoms with E-state index in [1.807, 2.05) is 37.3 Å². The zero-order chi connectivity index (χ0) is 14.4. The summed E-state index contributed by atoms with van der Waals surface area (Å²) in [5, 5.41) is 3.28. The van der Waals surface area contributed by atoms with Crippen molar-refractivity contribution in [2.24, 2.45) is 0 Å². The Morgan fingerprint density at radius 3 is 2.70 bits per heavy atom. The SMILES string of the molecule is CCNCc1ccc(F)cc1-c1cccc(OCC)c1. The molecule has 0 saturated carbocycles. The molecule has 0 aliphatic carbocycles. The minimum Gasteiger partial charge on any atom is -0.494 e. The van der Waals surface area contributed by atoms with Gasteiger partial charge in [0, 0.05) is 6.54 Å². The van der Waals surface area contributed by atoms with Crippen molar-refractivity contribution in [1.29, 1.82) is 0 Å². The second kappa shape index (κ2) is 7.06. The van der Waals surface area contributed by atoms with E-state index >= 15 is 0 Å². The van der Waals surface area contributed by atoms with Crippen LogP contribution >= 0.6 is 0 Å². The van der Waals surface area contributed by atoms with Crippen LogP contribution in [-0.4, -0.2) is 13.2 Å². The molecule has 0 bridgehead atoms. The van der Waals surface area contributed by atoms with Crippen LogP contribution in [0.3, 0.4) is 0 Å². The molecule has 0 aliphatic rings. The highest BCUT2D eigenvalue weighted by Crippen LogP contribution is 2.28. The first-order chi connectivity index (χ1) is 9.74. The van der Waals surface area contributed by atoms with Crippen molar-refractivity contribution in [2.45, 2.75) is 20.4 Å². The van der Waals surface area contributed by atoms with E-state index in [0.29, 0.717) is 6.61 Å². The second-order valence-electron chi connectivity index (χ2n) is 4.54. The Labute approximate surface area is 119 Å². The third-order valence-electron chi connectivity index (χ3n) is 3.09. The number of hydrogen-bond donors (Lipinski definition) is 1. The van der Waals surface area contributed by atoms with Crippen LogP contribution in [0.4, 0.5) is 4.39 Å². The highest BCUT2D eigenvalue weighted by molar-refractivity contribution is 5.68. The van der Waals surface area contributed by atoms with E-state index in [1.165, 1.54) is 6.07 Å². The van der Waals surface area contributed by atoms with Crippen molar-refractivity contribution in [2.75, 3.05) is 13.2 Å². The summed E-state index contributed by atoms with van der Waals surface area (Å²) in [6.45, 7) is 6.24. The predicted octanol–water partition coefficient (Wildman–Crippen LogP) is 4.00. The topological polar surface area (TPSA) is 21.3 Å². The fourth-order valence-corrected chi connectivity index (χ4v) is 2.15. The van der Waals surface area contributed by atoms with Crippen LogP contribution in [0.5, 0.6) is 5.75 Å². The van der Waals surface area contributed by atoms with Gasteiger partial charge in [0.2, 0.25) is 0 Å². The van der Waals surface area contributed by atoms with Crippen LogP contribution in [0.25, 0.3) is 11.1 Å². The molecule has 0 unspecified atom stereocenters. The highest BCUT2D eigenvalue weighted by atomic mass is 19.1. The molecule has 2 aromatic carbocycles. The average molecular weight is 273 g/mol. The number of rotatable bonds is 6. The summed E-state index contributed by atoms with van der Waals surface area (Å²) in [5.41, 5.74) is 2.97. The Morgan fingerprint density at radius 1 is 1.10 bits per heavy atom. The van der Waals surface area contributed by atoms with E-state index in [-0.39, 0.29) is 5.82 Å². The van der Waals surface area contributed by atoms with Gasteiger partial charge in [0.1, 0.15) is 11.6 Å². The Morgan fingerprint density at radius 2 is 1.95 bits per heavy atom. The largest absolute Gasteiger partial charge is 0.494 e. The molecule has 0 radical (unpaired) electrons. The zero-order valence-electron chi connectivity index (χ0n) is 11.9. The maximum Gasteiger partial charge on any atom is 0.123 e. The first kappa shape index (κ1) is 14.5. The molecule has 2 nitrogen and oxygen atoms in total. The molecular weight excluding hydrogens is 253 g/mol. The number of hydrogen-bond acceptors (Lipinski definition) is 2. The van der Waals surface area contributed by atoms with Crippen molar-refractivity contribution < 1.29 is 9.13 Å². The van der Waals surface area contributed by atoms with Gasteiger partial charge in [-0.3, -0.25) is 0 Å². The van der Waals surface area contributed by atoms with Crippen LogP contribution < -0.4 is 10.1 Å². The summed E-state index contributed by atoms with van der Waals surface area (Å²) >= 11 is 0. The van der Waals surface area contributed by atoms with Crippen LogP contribution in [0.1, 0.15) is 19.4 Å². The van der Waals surface area contributed by atoms with Gasteiger partial charge in [-0.1, -0.05) is 25.1 Å². The van der Waals surface area contributed by atoms with Gasteiger partial charge in [0.05, 0.1) is 6.61 Å². The lowest BCUT2D eigenvalue weighted by atomic mass is 9.99. The minimum absolute atomic E-state index is 0.220. The van der Waals surface area contributed by atoms with Gasteiger partial charge >= 0.3 is 0 Å². The summed E-state index contributed by atoms with van der Waals surface area (Å²) < 4.78 is 19.1. The lowest BCUT2D eigenvalue weighted by Crippen LogP contribution is -2.12. The normalized spacial score (nSPS) is 10.6. The summed E-state index contributed by atoms with van der Waals surface area (Å²) in [6.07, 6.45) is 0. The zero-order valence-corrected chi connectivity index (χ0v) is 11.9. The molecule has 0 fully saturated rings. The van der Waals surface area contributed by atoms with Crippen molar-refractivity contribution in [3.05, 3.63) is 53.8 Å². The third-order valence-corrected chi connectivity index (χ3v) is 3.09.